The van der Waals surface area contributed by atoms with Crippen LogP contribution in [-0.2, 0) is 4.79 Å². The van der Waals surface area contributed by atoms with E-state index in [9.17, 15) is 4.79 Å². The number of rotatable bonds is 3. The molecule has 0 atom stereocenters. The van der Waals surface area contributed by atoms with Crippen molar-refractivity contribution in [3.8, 4) is 0 Å². The van der Waals surface area contributed by atoms with Crippen molar-refractivity contribution >= 4 is 40.3 Å². The van der Waals surface area contributed by atoms with E-state index in [2.05, 4.69) is 4.90 Å². The standard InChI is InChI=1S/C16H18N2OS2/c19-15-14(11-13-7-3-1-4-8-13)21-16(20)18(15)12-17-9-5-2-6-10-17/h1,3-4,7-8,11H,2,5-6,9-10,12H2/b14-11-. The first kappa shape index (κ1) is 14.8. The van der Waals surface area contributed by atoms with Gasteiger partial charge in [0.15, 0.2) is 0 Å². The lowest BCUT2D eigenvalue weighted by atomic mass is 10.1. The zero-order chi connectivity index (χ0) is 14.7. The highest BCUT2D eigenvalue weighted by molar-refractivity contribution is 8.26. The molecule has 110 valence electrons. The number of thiocarbonyl (C=S) groups is 1. The Balaban J connectivity index is 1.71. The van der Waals surface area contributed by atoms with E-state index in [0.717, 1.165) is 23.6 Å². The molecule has 0 N–H and O–H groups in total. The Labute approximate surface area is 135 Å². The molecule has 2 aliphatic rings. The molecule has 1 aromatic carbocycles. The predicted molar refractivity (Wildman–Crippen MR) is 91.7 cm³/mol. The van der Waals surface area contributed by atoms with Crippen molar-refractivity contribution in [2.24, 2.45) is 0 Å². The first-order valence-electron chi connectivity index (χ1n) is 7.27. The van der Waals surface area contributed by atoms with Gasteiger partial charge in [0.25, 0.3) is 5.91 Å². The van der Waals surface area contributed by atoms with Gasteiger partial charge in [-0.25, -0.2) is 0 Å². The van der Waals surface area contributed by atoms with E-state index in [1.54, 1.807) is 4.90 Å². The molecule has 3 nitrogen and oxygen atoms in total. The number of piperidine rings is 1. The fourth-order valence-electron chi connectivity index (χ4n) is 2.62. The third-order valence-corrected chi connectivity index (χ3v) is 5.14. The summed E-state index contributed by atoms with van der Waals surface area (Å²) in [7, 11) is 0. The van der Waals surface area contributed by atoms with Crippen LogP contribution in [0, 0.1) is 0 Å². The molecule has 0 saturated carbocycles. The average molecular weight is 318 g/mol. The second kappa shape index (κ2) is 6.73. The summed E-state index contributed by atoms with van der Waals surface area (Å²) in [5.41, 5.74) is 1.04. The van der Waals surface area contributed by atoms with Gasteiger partial charge in [-0.1, -0.05) is 60.7 Å². The van der Waals surface area contributed by atoms with Crippen LogP contribution in [-0.4, -0.2) is 39.8 Å². The summed E-state index contributed by atoms with van der Waals surface area (Å²) < 4.78 is 0.674. The van der Waals surface area contributed by atoms with Gasteiger partial charge in [0.1, 0.15) is 4.32 Å². The van der Waals surface area contributed by atoms with E-state index in [4.69, 9.17) is 12.2 Å². The van der Waals surface area contributed by atoms with Crippen LogP contribution in [0.2, 0.25) is 0 Å². The van der Waals surface area contributed by atoms with Crippen molar-refractivity contribution in [1.29, 1.82) is 0 Å². The van der Waals surface area contributed by atoms with Crippen LogP contribution in [0.25, 0.3) is 6.08 Å². The Kier molecular flexibility index (Phi) is 4.73. The number of hydrogen-bond donors (Lipinski definition) is 0. The van der Waals surface area contributed by atoms with Crippen LogP contribution in [0.1, 0.15) is 24.8 Å². The highest BCUT2D eigenvalue weighted by atomic mass is 32.2. The van der Waals surface area contributed by atoms with Gasteiger partial charge in [-0.05, 0) is 37.6 Å². The summed E-state index contributed by atoms with van der Waals surface area (Å²) in [5.74, 6) is 0.0411. The van der Waals surface area contributed by atoms with Crippen LogP contribution < -0.4 is 0 Å². The summed E-state index contributed by atoms with van der Waals surface area (Å²) >= 11 is 6.79. The van der Waals surface area contributed by atoms with Gasteiger partial charge in [-0.3, -0.25) is 14.6 Å². The monoisotopic (exact) mass is 318 g/mol. The van der Waals surface area contributed by atoms with Crippen molar-refractivity contribution in [2.45, 2.75) is 19.3 Å². The van der Waals surface area contributed by atoms with Gasteiger partial charge in [0, 0.05) is 0 Å². The number of carbonyl (C=O) groups is 1. The molecule has 3 rings (SSSR count). The van der Waals surface area contributed by atoms with Crippen LogP contribution in [0.15, 0.2) is 35.2 Å². The molecule has 1 aromatic rings. The number of amides is 1. The molecule has 0 unspecified atom stereocenters. The Bertz CT molecular complexity index is 565. The van der Waals surface area contributed by atoms with Gasteiger partial charge in [-0.2, -0.15) is 0 Å². The van der Waals surface area contributed by atoms with Gasteiger partial charge in [0.05, 0.1) is 11.6 Å². The second-order valence-corrected chi connectivity index (χ2v) is 7.02. The number of nitrogens with zero attached hydrogens (tertiary/aromatic N) is 2. The molecule has 2 heterocycles. The third kappa shape index (κ3) is 3.54. The summed E-state index contributed by atoms with van der Waals surface area (Å²) in [6, 6.07) is 9.91. The van der Waals surface area contributed by atoms with E-state index < -0.39 is 0 Å². The van der Waals surface area contributed by atoms with Crippen LogP contribution in [0.5, 0.6) is 0 Å². The number of hydrogen-bond acceptors (Lipinski definition) is 4. The summed E-state index contributed by atoms with van der Waals surface area (Å²) in [5, 5.41) is 0. The fourth-order valence-corrected chi connectivity index (χ4v) is 3.86. The highest BCUT2D eigenvalue weighted by Gasteiger charge is 2.33. The Morgan fingerprint density at radius 3 is 2.57 bits per heavy atom. The molecule has 2 aliphatic heterocycles. The van der Waals surface area contributed by atoms with Gasteiger partial charge < -0.3 is 0 Å². The molecule has 0 aromatic heterocycles. The topological polar surface area (TPSA) is 23.6 Å². The minimum atomic E-state index is 0.0411. The van der Waals surface area contributed by atoms with Crippen LogP contribution in [0.4, 0.5) is 0 Å². The number of thioether (sulfide) groups is 1. The number of benzene rings is 1. The average Bonchev–Trinajstić information content (AvgIpc) is 2.77. The van der Waals surface area contributed by atoms with Gasteiger partial charge in [-0.15, -0.1) is 0 Å². The third-order valence-electron chi connectivity index (χ3n) is 3.76. The smallest absolute Gasteiger partial charge is 0.267 e. The Morgan fingerprint density at radius 1 is 1.14 bits per heavy atom. The van der Waals surface area contributed by atoms with Crippen molar-refractivity contribution < 1.29 is 4.79 Å². The van der Waals surface area contributed by atoms with Crippen LogP contribution >= 0.6 is 24.0 Å². The highest BCUT2D eigenvalue weighted by Crippen LogP contribution is 2.32. The first-order chi connectivity index (χ1) is 10.2. The maximum absolute atomic E-state index is 12.5. The Morgan fingerprint density at radius 2 is 1.86 bits per heavy atom. The van der Waals surface area contributed by atoms with E-state index in [1.165, 1.54) is 31.0 Å². The molecule has 5 heteroatoms. The zero-order valence-corrected chi connectivity index (χ0v) is 13.5. The largest absolute Gasteiger partial charge is 0.286 e. The second-order valence-electron chi connectivity index (χ2n) is 5.34. The van der Waals surface area contributed by atoms with Gasteiger partial charge >= 0.3 is 0 Å². The number of carbonyl (C=O) groups excluding carboxylic acids is 1. The minimum Gasteiger partial charge on any atom is -0.286 e. The fraction of sp³-hybridized carbons (Fsp3) is 0.375. The minimum absolute atomic E-state index is 0.0411. The lowest BCUT2D eigenvalue weighted by Crippen LogP contribution is -2.42. The Hall–Kier alpha value is -1.17. The first-order valence-corrected chi connectivity index (χ1v) is 8.49. The lowest BCUT2D eigenvalue weighted by Gasteiger charge is -2.29. The SMILES string of the molecule is O=C1/C(=C/c2ccccc2)SC(=S)N1CN1CCCCC1. The van der Waals surface area contributed by atoms with E-state index in [-0.39, 0.29) is 5.91 Å². The maximum Gasteiger partial charge on any atom is 0.267 e. The maximum atomic E-state index is 12.5. The molecular formula is C16H18N2OS2. The quantitative estimate of drug-likeness (QED) is 0.630. The van der Waals surface area contributed by atoms with Crippen LogP contribution in [0.3, 0.4) is 0 Å². The zero-order valence-electron chi connectivity index (χ0n) is 11.8. The molecule has 0 bridgehead atoms. The molecule has 2 saturated heterocycles. The van der Waals surface area contributed by atoms with Crippen molar-refractivity contribution in [2.75, 3.05) is 19.8 Å². The van der Waals surface area contributed by atoms with Crippen molar-refractivity contribution in [1.82, 2.24) is 9.80 Å². The normalized spacial score (nSPS) is 22.3. The molecule has 0 aliphatic carbocycles. The predicted octanol–water partition coefficient (Wildman–Crippen LogP) is 3.33. The van der Waals surface area contributed by atoms with E-state index in [1.807, 2.05) is 36.4 Å². The molecular weight excluding hydrogens is 300 g/mol. The lowest BCUT2D eigenvalue weighted by molar-refractivity contribution is -0.123. The number of likely N-dealkylation sites (tertiary alicyclic amines) is 1. The summed E-state index contributed by atoms with van der Waals surface area (Å²) in [4.78, 5) is 17.3. The van der Waals surface area contributed by atoms with Crippen molar-refractivity contribution in [3.05, 3.63) is 40.8 Å². The van der Waals surface area contributed by atoms with E-state index >= 15 is 0 Å². The molecule has 0 radical (unpaired) electrons. The molecule has 21 heavy (non-hydrogen) atoms. The summed E-state index contributed by atoms with van der Waals surface area (Å²) in [6.45, 7) is 2.76. The molecule has 1 amide bonds. The van der Waals surface area contributed by atoms with E-state index in [0.29, 0.717) is 11.0 Å². The molecule has 0 spiro atoms. The molecule has 2 fully saturated rings. The van der Waals surface area contributed by atoms with Gasteiger partial charge in [0.2, 0.25) is 0 Å². The van der Waals surface area contributed by atoms with Crippen molar-refractivity contribution in [3.63, 3.8) is 0 Å². The summed E-state index contributed by atoms with van der Waals surface area (Å²) in [6.07, 6.45) is 5.65.